The van der Waals surface area contributed by atoms with Crippen molar-refractivity contribution in [3.05, 3.63) is 83.4 Å². The van der Waals surface area contributed by atoms with Crippen molar-refractivity contribution in [1.29, 1.82) is 0 Å². The molecule has 0 atom stereocenters. The van der Waals surface area contributed by atoms with Gasteiger partial charge in [0.2, 0.25) is 0 Å². The predicted octanol–water partition coefficient (Wildman–Crippen LogP) is 4.20. The Balaban J connectivity index is 1.57. The molecule has 0 aliphatic rings. The maximum absolute atomic E-state index is 12.8. The molecule has 0 unspecified atom stereocenters. The van der Waals surface area contributed by atoms with Crippen molar-refractivity contribution in [3.8, 4) is 17.2 Å². The Morgan fingerprint density at radius 1 is 0.848 bits per heavy atom. The van der Waals surface area contributed by atoms with E-state index in [4.69, 9.17) is 10.5 Å². The van der Waals surface area contributed by atoms with Gasteiger partial charge in [-0.2, -0.15) is 0 Å². The molecule has 0 fully saturated rings. The lowest BCUT2D eigenvalue weighted by atomic mass is 10.0. The number of phenolic OH excluding ortho intramolecular Hbond substituents is 1. The van der Waals surface area contributed by atoms with Crippen LogP contribution in [0.4, 0.5) is 0 Å². The second-order valence-electron chi connectivity index (χ2n) is 7.59. The topological polar surface area (TPSA) is 130 Å². The lowest BCUT2D eigenvalue weighted by Gasteiger charge is -2.09. The van der Waals surface area contributed by atoms with E-state index in [1.807, 2.05) is 12.1 Å². The van der Waals surface area contributed by atoms with Crippen LogP contribution in [0.5, 0.6) is 17.2 Å². The summed E-state index contributed by atoms with van der Waals surface area (Å²) in [6.07, 6.45) is 2.03. The highest BCUT2D eigenvalue weighted by molar-refractivity contribution is 7.90. The van der Waals surface area contributed by atoms with Crippen LogP contribution in [0.3, 0.4) is 0 Å². The van der Waals surface area contributed by atoms with E-state index in [0.717, 1.165) is 18.1 Å². The zero-order valence-electron chi connectivity index (χ0n) is 17.7. The number of carbonyl (C=O) groups excluding carboxylic acids is 1. The van der Waals surface area contributed by atoms with Crippen molar-refractivity contribution >= 4 is 15.6 Å². The molecule has 33 heavy (non-hydrogen) atoms. The normalized spacial score (nSPS) is 11.2. The number of sulfone groups is 1. The minimum absolute atomic E-state index is 0.0164. The molecule has 0 radical (unpaired) electrons. The molecular weight excluding hydrogens is 448 g/mol. The van der Waals surface area contributed by atoms with Gasteiger partial charge in [0, 0.05) is 24.5 Å². The number of ketones is 1. The van der Waals surface area contributed by atoms with Gasteiger partial charge in [-0.3, -0.25) is 4.79 Å². The molecule has 0 saturated carbocycles. The lowest BCUT2D eigenvalue weighted by molar-refractivity contribution is -0.145. The molecule has 0 aliphatic carbocycles. The zero-order chi connectivity index (χ0) is 23.8. The molecule has 0 saturated heterocycles. The van der Waals surface area contributed by atoms with Gasteiger partial charge >= 0.3 is 0 Å². The molecule has 0 aromatic heterocycles. The number of Topliss-reactive ketones (excluding diaryl/α,β-unsaturated/α-hetero) is 1. The molecule has 0 bridgehead atoms. The van der Waals surface area contributed by atoms with Crippen LogP contribution in [0, 0.1) is 0 Å². The highest BCUT2D eigenvalue weighted by atomic mass is 32.2. The number of hydrogen-bond donors (Lipinski definition) is 3. The summed E-state index contributed by atoms with van der Waals surface area (Å²) in [5, 5.41) is 27.0. The predicted molar refractivity (Wildman–Crippen MR) is 120 cm³/mol. The van der Waals surface area contributed by atoms with Crippen LogP contribution in [0.25, 0.3) is 0 Å². The first-order valence-electron chi connectivity index (χ1n) is 10.2. The standard InChI is InChI=1S/C24H24O8S/c25-20-9-4-17(5-10-20)2-1-3-21(26)14-18-6-12-23(13-7-18)33(29,30)16-19-8-11-22(31-27)15-24(19)32-28/h4-13,15,25,27-28H,1-3,14,16H2. The largest absolute Gasteiger partial charge is 0.508 e. The maximum atomic E-state index is 12.8. The molecule has 3 N–H and O–H groups in total. The van der Waals surface area contributed by atoms with Crippen LogP contribution in [0.15, 0.2) is 71.6 Å². The molecule has 0 aliphatic heterocycles. The van der Waals surface area contributed by atoms with Crippen molar-refractivity contribution in [3.63, 3.8) is 0 Å². The van der Waals surface area contributed by atoms with Crippen LogP contribution < -0.4 is 9.78 Å². The van der Waals surface area contributed by atoms with Gasteiger partial charge in [-0.25, -0.2) is 18.9 Å². The second-order valence-corrected chi connectivity index (χ2v) is 9.58. The molecule has 3 aromatic carbocycles. The first-order chi connectivity index (χ1) is 15.8. The minimum atomic E-state index is -3.76. The Morgan fingerprint density at radius 2 is 1.52 bits per heavy atom. The van der Waals surface area contributed by atoms with Crippen LogP contribution in [-0.2, 0) is 33.2 Å². The first kappa shape index (κ1) is 24.2. The number of benzene rings is 3. The van der Waals surface area contributed by atoms with Gasteiger partial charge in [-0.1, -0.05) is 30.3 Å². The summed E-state index contributed by atoms with van der Waals surface area (Å²) in [6.45, 7) is 0. The Kier molecular flexibility index (Phi) is 8.05. The number of aryl methyl sites for hydroxylation is 1. The average Bonchev–Trinajstić information content (AvgIpc) is 2.81. The molecule has 8 nitrogen and oxygen atoms in total. The lowest BCUT2D eigenvalue weighted by Crippen LogP contribution is -2.07. The number of phenols is 1. The van der Waals surface area contributed by atoms with Crippen LogP contribution in [0.1, 0.15) is 29.5 Å². The van der Waals surface area contributed by atoms with E-state index >= 15 is 0 Å². The molecule has 0 spiro atoms. The monoisotopic (exact) mass is 472 g/mol. The molecule has 0 heterocycles. The smallest absolute Gasteiger partial charge is 0.182 e. The SMILES string of the molecule is O=C(CCCc1ccc(O)cc1)Cc1ccc(S(=O)(=O)Cc2ccc(OO)cc2OO)cc1. The van der Waals surface area contributed by atoms with E-state index < -0.39 is 15.6 Å². The minimum Gasteiger partial charge on any atom is -0.508 e. The number of aromatic hydroxyl groups is 1. The van der Waals surface area contributed by atoms with E-state index in [9.17, 15) is 18.3 Å². The Morgan fingerprint density at radius 3 is 2.15 bits per heavy atom. The fourth-order valence-electron chi connectivity index (χ4n) is 3.37. The summed E-state index contributed by atoms with van der Waals surface area (Å²) in [6, 6.07) is 16.8. The van der Waals surface area contributed by atoms with E-state index in [2.05, 4.69) is 9.78 Å². The van der Waals surface area contributed by atoms with Crippen LogP contribution >= 0.6 is 0 Å². The second kappa shape index (κ2) is 11.0. The molecule has 0 amide bonds. The Bertz CT molecular complexity index is 1190. The van der Waals surface area contributed by atoms with Crippen molar-refractivity contribution in [2.24, 2.45) is 0 Å². The maximum Gasteiger partial charge on any atom is 0.182 e. The third kappa shape index (κ3) is 6.79. The molecule has 3 aromatic rings. The highest BCUT2D eigenvalue weighted by Crippen LogP contribution is 2.28. The fraction of sp³-hybridized carbons (Fsp3) is 0.208. The van der Waals surface area contributed by atoms with Crippen molar-refractivity contribution in [2.75, 3.05) is 0 Å². The van der Waals surface area contributed by atoms with Gasteiger partial charge in [-0.05, 0) is 54.3 Å². The Hall–Kier alpha value is -3.40. The fourth-order valence-corrected chi connectivity index (χ4v) is 4.73. The van der Waals surface area contributed by atoms with Crippen LogP contribution in [0.2, 0.25) is 0 Å². The van der Waals surface area contributed by atoms with E-state index in [1.54, 1.807) is 24.3 Å². The summed E-state index contributed by atoms with van der Waals surface area (Å²) in [5.74, 6) is -0.349. The quantitative estimate of drug-likeness (QED) is 0.280. The summed E-state index contributed by atoms with van der Waals surface area (Å²) in [4.78, 5) is 20.6. The number of carbonyl (C=O) groups is 1. The summed E-state index contributed by atoms with van der Waals surface area (Å²) in [5.41, 5.74) is 1.95. The van der Waals surface area contributed by atoms with E-state index in [0.29, 0.717) is 18.4 Å². The van der Waals surface area contributed by atoms with Crippen molar-refractivity contribution in [2.45, 2.75) is 36.3 Å². The molecule has 174 valence electrons. The van der Waals surface area contributed by atoms with Gasteiger partial charge in [0.1, 0.15) is 11.5 Å². The highest BCUT2D eigenvalue weighted by Gasteiger charge is 2.19. The third-order valence-corrected chi connectivity index (χ3v) is 6.81. The van der Waals surface area contributed by atoms with Crippen LogP contribution in [-0.4, -0.2) is 29.8 Å². The van der Waals surface area contributed by atoms with Crippen molar-refractivity contribution < 1.29 is 38.6 Å². The Labute approximate surface area is 191 Å². The van der Waals surface area contributed by atoms with Crippen molar-refractivity contribution in [1.82, 2.24) is 0 Å². The number of rotatable bonds is 11. The molecular formula is C24H24O8S. The summed E-state index contributed by atoms with van der Waals surface area (Å²) < 4.78 is 25.5. The van der Waals surface area contributed by atoms with Gasteiger partial charge in [0.25, 0.3) is 0 Å². The first-order valence-corrected chi connectivity index (χ1v) is 11.8. The van der Waals surface area contributed by atoms with Gasteiger partial charge in [0.05, 0.1) is 10.6 Å². The third-order valence-electron chi connectivity index (χ3n) is 5.13. The summed E-state index contributed by atoms with van der Waals surface area (Å²) >= 11 is 0. The summed E-state index contributed by atoms with van der Waals surface area (Å²) in [7, 11) is -3.76. The van der Waals surface area contributed by atoms with Gasteiger partial charge < -0.3 is 14.9 Å². The van der Waals surface area contributed by atoms with Gasteiger partial charge in [-0.15, -0.1) is 0 Å². The molecule has 3 rings (SSSR count). The van der Waals surface area contributed by atoms with Gasteiger partial charge in [0.15, 0.2) is 21.3 Å². The zero-order valence-corrected chi connectivity index (χ0v) is 18.5. The van der Waals surface area contributed by atoms with E-state index in [-0.39, 0.29) is 39.9 Å². The average molecular weight is 473 g/mol. The molecule has 9 heteroatoms. The number of hydrogen-bond acceptors (Lipinski definition) is 8. The van der Waals surface area contributed by atoms with E-state index in [1.165, 1.54) is 24.3 Å².